The van der Waals surface area contributed by atoms with Gasteiger partial charge in [0.1, 0.15) is 5.82 Å². The molecule has 136 valence electrons. The summed E-state index contributed by atoms with van der Waals surface area (Å²) in [5.41, 5.74) is 4.51. The molecule has 0 atom stereocenters. The number of nitrogens with one attached hydrogen (secondary N) is 1. The van der Waals surface area contributed by atoms with Gasteiger partial charge < -0.3 is 5.32 Å². The first-order valence-corrected chi connectivity index (χ1v) is 8.55. The largest absolute Gasteiger partial charge is 0.324 e. The van der Waals surface area contributed by atoms with Gasteiger partial charge >= 0.3 is 0 Å². The monoisotopic (exact) mass is 370 g/mol. The van der Waals surface area contributed by atoms with Gasteiger partial charge in [0.2, 0.25) is 5.95 Å². The van der Waals surface area contributed by atoms with Crippen LogP contribution in [0.25, 0.3) is 16.9 Å². The molecule has 0 aliphatic heterocycles. The first-order chi connectivity index (χ1) is 13.6. The van der Waals surface area contributed by atoms with Crippen molar-refractivity contribution in [3.63, 3.8) is 0 Å². The SMILES string of the molecule is Cc1nn(-c2ccc(F)cc2)cc1-c1ccnc(Nc2ccc(C#N)cc2)n1. The Morgan fingerprint density at radius 2 is 1.79 bits per heavy atom. The van der Waals surface area contributed by atoms with Crippen LogP contribution in [-0.2, 0) is 0 Å². The zero-order chi connectivity index (χ0) is 19.5. The van der Waals surface area contributed by atoms with Crippen molar-refractivity contribution < 1.29 is 4.39 Å². The van der Waals surface area contributed by atoms with E-state index in [4.69, 9.17) is 5.26 Å². The molecule has 0 bridgehead atoms. The highest BCUT2D eigenvalue weighted by molar-refractivity contribution is 5.64. The van der Waals surface area contributed by atoms with Gasteiger partial charge in [-0.2, -0.15) is 10.4 Å². The van der Waals surface area contributed by atoms with E-state index >= 15 is 0 Å². The molecule has 0 spiro atoms. The van der Waals surface area contributed by atoms with Crippen LogP contribution in [0.3, 0.4) is 0 Å². The molecule has 0 aliphatic carbocycles. The molecule has 2 aromatic heterocycles. The average Bonchev–Trinajstić information content (AvgIpc) is 3.11. The van der Waals surface area contributed by atoms with Crippen LogP contribution in [0, 0.1) is 24.1 Å². The normalized spacial score (nSPS) is 10.5. The van der Waals surface area contributed by atoms with E-state index in [0.717, 1.165) is 28.3 Å². The molecule has 0 aliphatic rings. The fraction of sp³-hybridized carbons (Fsp3) is 0.0476. The number of nitriles is 1. The van der Waals surface area contributed by atoms with Gasteiger partial charge in [0.25, 0.3) is 0 Å². The van der Waals surface area contributed by atoms with Crippen molar-refractivity contribution >= 4 is 11.6 Å². The number of anilines is 2. The molecule has 4 rings (SSSR count). The molecule has 2 heterocycles. The minimum Gasteiger partial charge on any atom is -0.324 e. The van der Waals surface area contributed by atoms with Gasteiger partial charge in [-0.05, 0) is 61.5 Å². The second-order valence-corrected chi connectivity index (χ2v) is 6.13. The summed E-state index contributed by atoms with van der Waals surface area (Å²) in [5, 5.41) is 16.5. The topological polar surface area (TPSA) is 79.4 Å². The Balaban J connectivity index is 1.62. The molecule has 28 heavy (non-hydrogen) atoms. The Morgan fingerprint density at radius 3 is 2.50 bits per heavy atom. The first-order valence-electron chi connectivity index (χ1n) is 8.55. The maximum Gasteiger partial charge on any atom is 0.227 e. The lowest BCUT2D eigenvalue weighted by Gasteiger charge is -2.06. The molecule has 2 aromatic carbocycles. The van der Waals surface area contributed by atoms with Gasteiger partial charge in [-0.25, -0.2) is 19.0 Å². The molecular formula is C21H15FN6. The Morgan fingerprint density at radius 1 is 1.04 bits per heavy atom. The van der Waals surface area contributed by atoms with Crippen molar-refractivity contribution in [3.8, 4) is 23.0 Å². The molecule has 0 amide bonds. The van der Waals surface area contributed by atoms with E-state index in [2.05, 4.69) is 26.5 Å². The number of rotatable bonds is 4. The fourth-order valence-electron chi connectivity index (χ4n) is 2.76. The summed E-state index contributed by atoms with van der Waals surface area (Å²) in [4.78, 5) is 8.81. The molecule has 7 heteroatoms. The van der Waals surface area contributed by atoms with Gasteiger partial charge in [-0.1, -0.05) is 0 Å². The predicted molar refractivity (Wildman–Crippen MR) is 104 cm³/mol. The van der Waals surface area contributed by atoms with E-state index in [1.54, 1.807) is 47.3 Å². The zero-order valence-corrected chi connectivity index (χ0v) is 15.0. The molecule has 1 N–H and O–H groups in total. The van der Waals surface area contributed by atoms with Crippen molar-refractivity contribution in [2.45, 2.75) is 6.92 Å². The summed E-state index contributed by atoms with van der Waals surface area (Å²) < 4.78 is 14.8. The second-order valence-electron chi connectivity index (χ2n) is 6.13. The number of aromatic nitrogens is 4. The quantitative estimate of drug-likeness (QED) is 0.576. The van der Waals surface area contributed by atoms with E-state index in [0.29, 0.717) is 11.5 Å². The highest BCUT2D eigenvalue weighted by atomic mass is 19.1. The van der Waals surface area contributed by atoms with E-state index in [1.165, 1.54) is 12.1 Å². The smallest absolute Gasteiger partial charge is 0.227 e. The van der Waals surface area contributed by atoms with Crippen molar-refractivity contribution in [2.75, 3.05) is 5.32 Å². The summed E-state index contributed by atoms with van der Waals surface area (Å²) in [6.45, 7) is 1.89. The Kier molecular flexibility index (Phi) is 4.52. The van der Waals surface area contributed by atoms with E-state index in [9.17, 15) is 4.39 Å². The lowest BCUT2D eigenvalue weighted by atomic mass is 10.2. The third kappa shape index (κ3) is 3.57. The molecule has 4 aromatic rings. The van der Waals surface area contributed by atoms with Crippen LogP contribution in [-0.4, -0.2) is 19.7 Å². The number of hydrogen-bond acceptors (Lipinski definition) is 5. The fourth-order valence-corrected chi connectivity index (χ4v) is 2.76. The molecule has 0 fully saturated rings. The summed E-state index contributed by atoms with van der Waals surface area (Å²) in [6.07, 6.45) is 3.53. The second kappa shape index (κ2) is 7.29. The summed E-state index contributed by atoms with van der Waals surface area (Å²) in [6, 6.07) is 17.1. The first kappa shape index (κ1) is 17.4. The molecular weight excluding hydrogens is 355 g/mol. The van der Waals surface area contributed by atoms with Crippen LogP contribution in [0.2, 0.25) is 0 Å². The van der Waals surface area contributed by atoms with Crippen LogP contribution >= 0.6 is 0 Å². The van der Waals surface area contributed by atoms with Gasteiger partial charge in [0.15, 0.2) is 0 Å². The lowest BCUT2D eigenvalue weighted by molar-refractivity contribution is 0.627. The van der Waals surface area contributed by atoms with Crippen LogP contribution in [0.15, 0.2) is 67.0 Å². The minimum absolute atomic E-state index is 0.290. The van der Waals surface area contributed by atoms with E-state index in [1.807, 2.05) is 19.2 Å². The standard InChI is InChI=1S/C21H15FN6/c1-14-19(13-28(27-14)18-8-4-16(22)5-9-18)20-10-11-24-21(26-20)25-17-6-2-15(12-23)3-7-17/h2-11,13H,1H3,(H,24,25,26). The molecule has 0 saturated carbocycles. The number of nitrogens with zero attached hydrogens (tertiary/aromatic N) is 5. The number of hydrogen-bond donors (Lipinski definition) is 1. The third-order valence-electron chi connectivity index (χ3n) is 4.19. The minimum atomic E-state index is -0.290. The molecule has 6 nitrogen and oxygen atoms in total. The highest BCUT2D eigenvalue weighted by Crippen LogP contribution is 2.24. The Hall–Kier alpha value is -4.05. The van der Waals surface area contributed by atoms with Gasteiger partial charge in [0.05, 0.1) is 28.7 Å². The van der Waals surface area contributed by atoms with Gasteiger partial charge in [-0.15, -0.1) is 0 Å². The molecule has 0 radical (unpaired) electrons. The number of benzene rings is 2. The zero-order valence-electron chi connectivity index (χ0n) is 15.0. The number of aryl methyl sites for hydroxylation is 1. The van der Waals surface area contributed by atoms with Gasteiger partial charge in [0, 0.05) is 23.6 Å². The molecule has 0 unspecified atom stereocenters. The summed E-state index contributed by atoms with van der Waals surface area (Å²) >= 11 is 0. The maximum atomic E-state index is 13.1. The lowest BCUT2D eigenvalue weighted by Crippen LogP contribution is -1.98. The third-order valence-corrected chi connectivity index (χ3v) is 4.19. The summed E-state index contributed by atoms with van der Waals surface area (Å²) in [5.74, 6) is 0.151. The Labute approximate surface area is 160 Å². The van der Waals surface area contributed by atoms with E-state index in [-0.39, 0.29) is 5.82 Å². The van der Waals surface area contributed by atoms with Crippen LogP contribution in [0.1, 0.15) is 11.3 Å². The number of halogens is 1. The van der Waals surface area contributed by atoms with Crippen molar-refractivity contribution in [2.24, 2.45) is 0 Å². The maximum absolute atomic E-state index is 13.1. The highest BCUT2D eigenvalue weighted by Gasteiger charge is 2.11. The average molecular weight is 370 g/mol. The van der Waals surface area contributed by atoms with E-state index < -0.39 is 0 Å². The Bertz CT molecular complexity index is 1160. The predicted octanol–water partition coefficient (Wildman–Crippen LogP) is 4.39. The van der Waals surface area contributed by atoms with Gasteiger partial charge in [-0.3, -0.25) is 0 Å². The van der Waals surface area contributed by atoms with Crippen molar-refractivity contribution in [1.29, 1.82) is 5.26 Å². The molecule has 0 saturated heterocycles. The van der Waals surface area contributed by atoms with Crippen LogP contribution < -0.4 is 5.32 Å². The van der Waals surface area contributed by atoms with Crippen LogP contribution in [0.4, 0.5) is 16.0 Å². The van der Waals surface area contributed by atoms with Crippen molar-refractivity contribution in [3.05, 3.63) is 84.1 Å². The summed E-state index contributed by atoms with van der Waals surface area (Å²) in [7, 11) is 0. The van der Waals surface area contributed by atoms with Crippen LogP contribution in [0.5, 0.6) is 0 Å². The van der Waals surface area contributed by atoms with Crippen molar-refractivity contribution in [1.82, 2.24) is 19.7 Å².